The second kappa shape index (κ2) is 7.15. The summed E-state index contributed by atoms with van der Waals surface area (Å²) in [5.41, 5.74) is 0.465. The summed E-state index contributed by atoms with van der Waals surface area (Å²) >= 11 is 0. The fourth-order valence-electron chi connectivity index (χ4n) is 1.38. The van der Waals surface area contributed by atoms with Crippen molar-refractivity contribution in [1.29, 1.82) is 0 Å². The van der Waals surface area contributed by atoms with E-state index in [1.165, 1.54) is 6.92 Å². The van der Waals surface area contributed by atoms with Crippen molar-refractivity contribution in [2.24, 2.45) is 0 Å². The van der Waals surface area contributed by atoms with Crippen LogP contribution in [-0.4, -0.2) is 35.5 Å². The van der Waals surface area contributed by atoms with Gasteiger partial charge in [-0.05, 0) is 19.1 Å². The smallest absolute Gasteiger partial charge is 0.305 e. The first-order valence-corrected chi connectivity index (χ1v) is 5.86. The molecule has 0 saturated heterocycles. The number of rotatable bonds is 6. The summed E-state index contributed by atoms with van der Waals surface area (Å²) < 4.78 is 0. The predicted octanol–water partition coefficient (Wildman–Crippen LogP) is 0.396. The largest absolute Gasteiger partial charge is 0.481 e. The van der Waals surface area contributed by atoms with Gasteiger partial charge in [0.15, 0.2) is 0 Å². The molecule has 0 aliphatic heterocycles. The summed E-state index contributed by atoms with van der Waals surface area (Å²) in [6.07, 6.45) is -0.148. The zero-order valence-electron chi connectivity index (χ0n) is 10.6. The molecule has 2 amide bonds. The molecule has 102 valence electrons. The number of hydrogen-bond donors (Lipinski definition) is 3. The van der Waals surface area contributed by atoms with Crippen molar-refractivity contribution in [3.05, 3.63) is 35.9 Å². The molecule has 0 aliphatic rings. The van der Waals surface area contributed by atoms with Crippen molar-refractivity contribution in [3.8, 4) is 0 Å². The Balaban J connectivity index is 2.41. The van der Waals surface area contributed by atoms with E-state index in [4.69, 9.17) is 5.11 Å². The lowest BCUT2D eigenvalue weighted by Gasteiger charge is -2.13. The van der Waals surface area contributed by atoms with Gasteiger partial charge in [-0.1, -0.05) is 18.2 Å². The van der Waals surface area contributed by atoms with Gasteiger partial charge >= 0.3 is 5.97 Å². The number of aliphatic carboxylic acids is 1. The third-order valence-electron chi connectivity index (χ3n) is 2.41. The van der Waals surface area contributed by atoms with Crippen LogP contribution in [0, 0.1) is 0 Å². The van der Waals surface area contributed by atoms with Crippen LogP contribution in [0.3, 0.4) is 0 Å². The minimum atomic E-state index is -0.985. The molecule has 6 heteroatoms. The summed E-state index contributed by atoms with van der Waals surface area (Å²) in [5, 5.41) is 13.4. The molecule has 1 aromatic carbocycles. The third kappa shape index (κ3) is 5.20. The zero-order chi connectivity index (χ0) is 14.3. The van der Waals surface area contributed by atoms with Crippen LogP contribution in [0.15, 0.2) is 30.3 Å². The molecule has 3 N–H and O–H groups in total. The number of hydrogen-bond acceptors (Lipinski definition) is 3. The van der Waals surface area contributed by atoms with Crippen LogP contribution >= 0.6 is 0 Å². The minimum absolute atomic E-state index is 0.0414. The normalized spacial score (nSPS) is 11.4. The lowest BCUT2D eigenvalue weighted by molar-refractivity contribution is -0.137. The second-order valence-corrected chi connectivity index (χ2v) is 4.00. The van der Waals surface area contributed by atoms with Crippen LogP contribution in [0.1, 0.15) is 23.7 Å². The fourth-order valence-corrected chi connectivity index (χ4v) is 1.38. The molecular weight excluding hydrogens is 248 g/mol. The van der Waals surface area contributed by atoms with Gasteiger partial charge in [0.25, 0.3) is 5.91 Å². The summed E-state index contributed by atoms with van der Waals surface area (Å²) in [5.74, 6) is -1.74. The maximum atomic E-state index is 11.8. The molecule has 1 atom stereocenters. The van der Waals surface area contributed by atoms with E-state index in [0.29, 0.717) is 5.56 Å². The lowest BCUT2D eigenvalue weighted by Crippen LogP contribution is -2.45. The van der Waals surface area contributed by atoms with Crippen LogP contribution in [0.25, 0.3) is 0 Å². The number of carbonyl (C=O) groups is 3. The van der Waals surface area contributed by atoms with Crippen molar-refractivity contribution in [3.63, 3.8) is 0 Å². The highest BCUT2D eigenvalue weighted by atomic mass is 16.4. The van der Waals surface area contributed by atoms with Crippen molar-refractivity contribution in [1.82, 2.24) is 10.6 Å². The molecule has 1 rings (SSSR count). The Morgan fingerprint density at radius 1 is 1.21 bits per heavy atom. The summed E-state index contributed by atoms with van der Waals surface area (Å²) in [6.45, 7) is 1.58. The SMILES string of the molecule is CC(NC(=O)c1ccccc1)C(=O)NCCC(=O)O. The molecule has 0 bridgehead atoms. The van der Waals surface area contributed by atoms with E-state index in [1.54, 1.807) is 30.3 Å². The van der Waals surface area contributed by atoms with Gasteiger partial charge in [0.1, 0.15) is 6.04 Å². The molecule has 0 aromatic heterocycles. The van der Waals surface area contributed by atoms with Crippen LogP contribution in [0.4, 0.5) is 0 Å². The van der Waals surface area contributed by atoms with E-state index in [1.807, 2.05) is 0 Å². The van der Waals surface area contributed by atoms with Gasteiger partial charge in [-0.2, -0.15) is 0 Å². The Kier molecular flexibility index (Phi) is 5.53. The van der Waals surface area contributed by atoms with Crippen LogP contribution in [-0.2, 0) is 9.59 Å². The molecule has 1 unspecified atom stereocenters. The first-order chi connectivity index (χ1) is 9.00. The topological polar surface area (TPSA) is 95.5 Å². The van der Waals surface area contributed by atoms with Crippen LogP contribution < -0.4 is 10.6 Å². The van der Waals surface area contributed by atoms with Gasteiger partial charge < -0.3 is 15.7 Å². The molecule has 0 fully saturated rings. The van der Waals surface area contributed by atoms with Crippen molar-refractivity contribution in [2.45, 2.75) is 19.4 Å². The number of amides is 2. The van der Waals surface area contributed by atoms with E-state index < -0.39 is 17.9 Å². The molecule has 0 saturated carbocycles. The molecular formula is C13H16N2O4. The van der Waals surface area contributed by atoms with Crippen LogP contribution in [0.2, 0.25) is 0 Å². The highest BCUT2D eigenvalue weighted by Crippen LogP contribution is 1.98. The minimum Gasteiger partial charge on any atom is -0.481 e. The summed E-state index contributed by atoms with van der Waals surface area (Å²) in [6, 6.07) is 7.81. The number of nitrogens with one attached hydrogen (secondary N) is 2. The van der Waals surface area contributed by atoms with E-state index in [9.17, 15) is 14.4 Å². The summed E-state index contributed by atoms with van der Waals surface area (Å²) in [4.78, 5) is 33.6. The summed E-state index contributed by atoms with van der Waals surface area (Å²) in [7, 11) is 0. The average Bonchev–Trinajstić information content (AvgIpc) is 2.39. The lowest BCUT2D eigenvalue weighted by atomic mass is 10.2. The highest BCUT2D eigenvalue weighted by molar-refractivity contribution is 5.97. The van der Waals surface area contributed by atoms with Gasteiger partial charge in [-0.25, -0.2) is 0 Å². The van der Waals surface area contributed by atoms with E-state index in [0.717, 1.165) is 0 Å². The van der Waals surface area contributed by atoms with Gasteiger partial charge in [0, 0.05) is 12.1 Å². The van der Waals surface area contributed by atoms with Gasteiger partial charge in [-0.3, -0.25) is 14.4 Å². The van der Waals surface area contributed by atoms with E-state index in [-0.39, 0.29) is 18.9 Å². The first-order valence-electron chi connectivity index (χ1n) is 5.86. The van der Waals surface area contributed by atoms with Gasteiger partial charge in [0.05, 0.1) is 6.42 Å². The quantitative estimate of drug-likeness (QED) is 0.693. The van der Waals surface area contributed by atoms with Crippen LogP contribution in [0.5, 0.6) is 0 Å². The zero-order valence-corrected chi connectivity index (χ0v) is 10.6. The highest BCUT2D eigenvalue weighted by Gasteiger charge is 2.16. The molecule has 0 radical (unpaired) electrons. The Morgan fingerprint density at radius 2 is 1.84 bits per heavy atom. The van der Waals surface area contributed by atoms with Crippen molar-refractivity contribution >= 4 is 17.8 Å². The van der Waals surface area contributed by atoms with Crippen molar-refractivity contribution < 1.29 is 19.5 Å². The standard InChI is InChI=1S/C13H16N2O4/c1-9(12(18)14-8-7-11(16)17)15-13(19)10-5-3-2-4-6-10/h2-6,9H,7-8H2,1H3,(H,14,18)(H,15,19)(H,16,17). The Labute approximate surface area is 110 Å². The molecule has 19 heavy (non-hydrogen) atoms. The second-order valence-electron chi connectivity index (χ2n) is 4.00. The fraction of sp³-hybridized carbons (Fsp3) is 0.308. The van der Waals surface area contributed by atoms with Gasteiger partial charge in [0.2, 0.25) is 5.91 Å². The number of benzene rings is 1. The van der Waals surface area contributed by atoms with Crippen molar-refractivity contribution in [2.75, 3.05) is 6.54 Å². The monoisotopic (exact) mass is 264 g/mol. The number of carbonyl (C=O) groups excluding carboxylic acids is 2. The molecule has 0 heterocycles. The molecule has 6 nitrogen and oxygen atoms in total. The third-order valence-corrected chi connectivity index (χ3v) is 2.41. The predicted molar refractivity (Wildman–Crippen MR) is 68.6 cm³/mol. The number of carboxylic acid groups (broad SMARTS) is 1. The number of carboxylic acids is 1. The average molecular weight is 264 g/mol. The Morgan fingerprint density at radius 3 is 2.42 bits per heavy atom. The van der Waals surface area contributed by atoms with E-state index in [2.05, 4.69) is 10.6 Å². The maximum absolute atomic E-state index is 11.8. The van der Waals surface area contributed by atoms with E-state index >= 15 is 0 Å². The van der Waals surface area contributed by atoms with Gasteiger partial charge in [-0.15, -0.1) is 0 Å². The molecule has 0 spiro atoms. The Hall–Kier alpha value is -2.37. The molecule has 0 aliphatic carbocycles. The molecule has 1 aromatic rings. The first kappa shape index (κ1) is 14.7. The Bertz CT molecular complexity index is 459. The maximum Gasteiger partial charge on any atom is 0.305 e.